The van der Waals surface area contributed by atoms with Crippen LogP contribution < -0.4 is 4.90 Å². The summed E-state index contributed by atoms with van der Waals surface area (Å²) in [4.78, 5) is 2.35. The number of unbranched alkanes of at least 4 members (excludes halogenated alkanes) is 3. The molecule has 0 fully saturated rings. The molecule has 0 aliphatic rings. The molecule has 0 atom stereocenters. The molecular formula is C44H43N. The molecule has 0 radical (unpaired) electrons. The van der Waals surface area contributed by atoms with Crippen LogP contribution in [0.5, 0.6) is 0 Å². The molecule has 1 nitrogen and oxygen atoms in total. The standard InChI is InChI=1S/C44H43N/c1-4-6-7-8-10-34-17-25-43(26-18-34)45(42-23-11-33(3)12-24-42)44-27-19-35(20-28-44)13-14-37-16-22-39-31-40-29-36(9-5-2)15-21-38(40)32-41(39)30-37/h5,9,11-32H,4,6-8,10H2,1-3H3. The van der Waals surface area contributed by atoms with E-state index in [-0.39, 0.29) is 0 Å². The van der Waals surface area contributed by atoms with Gasteiger partial charge < -0.3 is 4.90 Å². The van der Waals surface area contributed by atoms with Gasteiger partial charge in [-0.25, -0.2) is 0 Å². The van der Waals surface area contributed by atoms with Gasteiger partial charge in [0.1, 0.15) is 0 Å². The number of allylic oxidation sites excluding steroid dienone is 1. The largest absolute Gasteiger partial charge is 0.311 e. The van der Waals surface area contributed by atoms with E-state index in [2.05, 4.69) is 171 Å². The van der Waals surface area contributed by atoms with Crippen molar-refractivity contribution in [3.8, 4) is 0 Å². The van der Waals surface area contributed by atoms with Gasteiger partial charge in [0.05, 0.1) is 0 Å². The molecule has 0 N–H and O–H groups in total. The third-order valence-corrected chi connectivity index (χ3v) is 8.63. The lowest BCUT2D eigenvalue weighted by Crippen LogP contribution is -2.10. The molecule has 6 aromatic rings. The van der Waals surface area contributed by atoms with Crippen molar-refractivity contribution in [2.45, 2.75) is 52.9 Å². The molecule has 0 aromatic heterocycles. The first-order valence-corrected chi connectivity index (χ1v) is 16.4. The number of hydrogen-bond donors (Lipinski definition) is 0. The van der Waals surface area contributed by atoms with Gasteiger partial charge in [0.15, 0.2) is 0 Å². The molecule has 0 amide bonds. The molecule has 0 aliphatic carbocycles. The maximum atomic E-state index is 2.35. The van der Waals surface area contributed by atoms with Crippen LogP contribution in [0.3, 0.4) is 0 Å². The van der Waals surface area contributed by atoms with Gasteiger partial charge in [-0.05, 0) is 131 Å². The summed E-state index contributed by atoms with van der Waals surface area (Å²) in [6.07, 6.45) is 15.0. The average Bonchev–Trinajstić information content (AvgIpc) is 3.07. The molecule has 0 heterocycles. The van der Waals surface area contributed by atoms with Gasteiger partial charge in [-0.15, -0.1) is 0 Å². The summed E-state index contributed by atoms with van der Waals surface area (Å²) in [6, 6.07) is 44.8. The molecule has 0 saturated carbocycles. The zero-order valence-corrected chi connectivity index (χ0v) is 26.8. The van der Waals surface area contributed by atoms with Crippen LogP contribution in [0.2, 0.25) is 0 Å². The maximum Gasteiger partial charge on any atom is 0.0462 e. The Morgan fingerprint density at radius 3 is 1.58 bits per heavy atom. The lowest BCUT2D eigenvalue weighted by molar-refractivity contribution is 0.667. The van der Waals surface area contributed by atoms with Gasteiger partial charge in [0, 0.05) is 17.1 Å². The Morgan fingerprint density at radius 2 is 1.00 bits per heavy atom. The van der Waals surface area contributed by atoms with Gasteiger partial charge in [-0.1, -0.05) is 117 Å². The van der Waals surface area contributed by atoms with E-state index < -0.39 is 0 Å². The minimum atomic E-state index is 1.15. The monoisotopic (exact) mass is 585 g/mol. The molecule has 0 unspecified atom stereocenters. The number of rotatable bonds is 11. The predicted molar refractivity (Wildman–Crippen MR) is 199 cm³/mol. The number of anilines is 3. The van der Waals surface area contributed by atoms with E-state index in [0.29, 0.717) is 0 Å². The highest BCUT2D eigenvalue weighted by atomic mass is 15.1. The Labute approximate surface area is 269 Å². The summed E-state index contributed by atoms with van der Waals surface area (Å²) in [6.45, 7) is 6.47. The Morgan fingerprint density at radius 1 is 0.489 bits per heavy atom. The molecule has 0 spiro atoms. The fourth-order valence-corrected chi connectivity index (χ4v) is 6.07. The molecule has 0 bridgehead atoms. The molecule has 224 valence electrons. The first-order valence-electron chi connectivity index (χ1n) is 16.4. The van der Waals surface area contributed by atoms with E-state index in [1.807, 2.05) is 0 Å². The summed E-state index contributed by atoms with van der Waals surface area (Å²) in [5.41, 5.74) is 9.81. The van der Waals surface area contributed by atoms with Crippen LogP contribution in [0, 0.1) is 6.92 Å². The fraction of sp³-hybridized carbons (Fsp3) is 0.182. The molecule has 45 heavy (non-hydrogen) atoms. The van der Waals surface area contributed by atoms with E-state index in [9.17, 15) is 0 Å². The SMILES string of the molecule is CC=Cc1ccc2cc3cc(C=Cc4ccc(N(c5ccc(C)cc5)c5ccc(CCCCCC)cc5)cc4)ccc3cc2c1. The summed E-state index contributed by atoms with van der Waals surface area (Å²) in [5.74, 6) is 0. The van der Waals surface area contributed by atoms with Crippen LogP contribution in [0.25, 0.3) is 39.8 Å². The predicted octanol–water partition coefficient (Wildman–Crippen LogP) is 13.1. The fourth-order valence-electron chi connectivity index (χ4n) is 6.07. The first kappa shape index (κ1) is 30.2. The summed E-state index contributed by atoms with van der Waals surface area (Å²) < 4.78 is 0. The lowest BCUT2D eigenvalue weighted by Gasteiger charge is -2.26. The van der Waals surface area contributed by atoms with Crippen LogP contribution in [0.15, 0.2) is 127 Å². The number of hydrogen-bond acceptors (Lipinski definition) is 1. The highest BCUT2D eigenvalue weighted by molar-refractivity contribution is 5.99. The molecular weight excluding hydrogens is 542 g/mol. The number of fused-ring (bicyclic) bond motifs is 2. The van der Waals surface area contributed by atoms with E-state index in [4.69, 9.17) is 0 Å². The smallest absolute Gasteiger partial charge is 0.0462 e. The Balaban J connectivity index is 1.22. The second kappa shape index (κ2) is 14.3. The van der Waals surface area contributed by atoms with Crippen molar-refractivity contribution < 1.29 is 0 Å². The third-order valence-electron chi connectivity index (χ3n) is 8.63. The van der Waals surface area contributed by atoms with E-state index in [1.165, 1.54) is 86.4 Å². The van der Waals surface area contributed by atoms with Crippen LogP contribution in [-0.4, -0.2) is 0 Å². The van der Waals surface area contributed by atoms with Crippen molar-refractivity contribution in [1.82, 2.24) is 0 Å². The summed E-state index contributed by atoms with van der Waals surface area (Å²) >= 11 is 0. The zero-order valence-electron chi connectivity index (χ0n) is 26.8. The highest BCUT2D eigenvalue weighted by Crippen LogP contribution is 2.35. The Kier molecular flexibility index (Phi) is 9.56. The van der Waals surface area contributed by atoms with E-state index >= 15 is 0 Å². The maximum absolute atomic E-state index is 2.35. The summed E-state index contributed by atoms with van der Waals surface area (Å²) in [7, 11) is 0. The van der Waals surface area contributed by atoms with Crippen LogP contribution in [0.4, 0.5) is 17.1 Å². The van der Waals surface area contributed by atoms with Gasteiger partial charge in [0.25, 0.3) is 0 Å². The third kappa shape index (κ3) is 7.44. The topological polar surface area (TPSA) is 3.24 Å². The molecule has 0 saturated heterocycles. The Hall–Kier alpha value is -4.88. The van der Waals surface area contributed by atoms with Crippen molar-refractivity contribution in [1.29, 1.82) is 0 Å². The van der Waals surface area contributed by atoms with Crippen molar-refractivity contribution in [3.63, 3.8) is 0 Å². The highest BCUT2D eigenvalue weighted by Gasteiger charge is 2.12. The van der Waals surface area contributed by atoms with Gasteiger partial charge >= 0.3 is 0 Å². The molecule has 0 aliphatic heterocycles. The molecule has 6 aromatic carbocycles. The van der Waals surface area contributed by atoms with E-state index in [0.717, 1.165) is 12.1 Å². The van der Waals surface area contributed by atoms with Crippen LogP contribution in [-0.2, 0) is 6.42 Å². The first-order chi connectivity index (χ1) is 22.1. The number of nitrogens with zero attached hydrogens (tertiary/aromatic N) is 1. The van der Waals surface area contributed by atoms with Crippen LogP contribution in [0.1, 0.15) is 67.3 Å². The van der Waals surface area contributed by atoms with Gasteiger partial charge in [-0.3, -0.25) is 0 Å². The minimum absolute atomic E-state index is 1.15. The van der Waals surface area contributed by atoms with Crippen LogP contribution >= 0.6 is 0 Å². The number of aryl methyl sites for hydroxylation is 2. The second-order valence-electron chi connectivity index (χ2n) is 12.1. The minimum Gasteiger partial charge on any atom is -0.311 e. The van der Waals surface area contributed by atoms with E-state index in [1.54, 1.807) is 0 Å². The number of benzene rings is 6. The van der Waals surface area contributed by atoms with Gasteiger partial charge in [-0.2, -0.15) is 0 Å². The second-order valence-corrected chi connectivity index (χ2v) is 12.1. The molecule has 1 heteroatoms. The summed E-state index contributed by atoms with van der Waals surface area (Å²) in [5, 5.41) is 5.08. The Bertz CT molecular complexity index is 1920. The zero-order chi connectivity index (χ0) is 31.0. The van der Waals surface area contributed by atoms with Crippen molar-refractivity contribution >= 4 is 56.8 Å². The normalized spacial score (nSPS) is 11.7. The van der Waals surface area contributed by atoms with Gasteiger partial charge in [0.2, 0.25) is 0 Å². The quantitative estimate of drug-likeness (QED) is 0.0830. The van der Waals surface area contributed by atoms with Crippen molar-refractivity contribution in [2.75, 3.05) is 4.90 Å². The van der Waals surface area contributed by atoms with Crippen molar-refractivity contribution in [2.24, 2.45) is 0 Å². The van der Waals surface area contributed by atoms with Crippen molar-refractivity contribution in [3.05, 3.63) is 155 Å². The average molecular weight is 586 g/mol. The molecule has 6 rings (SSSR count). The lowest BCUT2D eigenvalue weighted by atomic mass is 9.99.